The summed E-state index contributed by atoms with van der Waals surface area (Å²) < 4.78 is 5.89. The van der Waals surface area contributed by atoms with E-state index < -0.39 is 0 Å². The van der Waals surface area contributed by atoms with E-state index in [1.807, 2.05) is 12.1 Å². The smallest absolute Gasteiger partial charge is 0.252 e. The van der Waals surface area contributed by atoms with Crippen molar-refractivity contribution in [1.82, 2.24) is 5.32 Å². The lowest BCUT2D eigenvalue weighted by Gasteiger charge is -2.06. The Morgan fingerprint density at radius 1 is 1.33 bits per heavy atom. The summed E-state index contributed by atoms with van der Waals surface area (Å²) in [6.07, 6.45) is 2.27. The van der Waals surface area contributed by atoms with Crippen LogP contribution in [0.3, 0.4) is 0 Å². The highest BCUT2D eigenvalue weighted by molar-refractivity contribution is 9.10. The SMILES string of the molecule is O=C(NCCc1ccco1)c1cccc(Br)c1Cl. The summed E-state index contributed by atoms with van der Waals surface area (Å²) in [5.74, 6) is 0.656. The van der Waals surface area contributed by atoms with Gasteiger partial charge in [0.1, 0.15) is 5.76 Å². The molecular formula is C13H11BrClNO2. The van der Waals surface area contributed by atoms with Crippen LogP contribution in [0.4, 0.5) is 0 Å². The van der Waals surface area contributed by atoms with Gasteiger partial charge in [0.25, 0.3) is 5.91 Å². The van der Waals surface area contributed by atoms with Gasteiger partial charge in [-0.2, -0.15) is 0 Å². The summed E-state index contributed by atoms with van der Waals surface area (Å²) >= 11 is 9.33. The van der Waals surface area contributed by atoms with Crippen LogP contribution < -0.4 is 5.32 Å². The lowest BCUT2D eigenvalue weighted by atomic mass is 10.2. The average Bonchev–Trinajstić information content (AvgIpc) is 2.85. The van der Waals surface area contributed by atoms with Crippen molar-refractivity contribution in [2.75, 3.05) is 6.54 Å². The maximum absolute atomic E-state index is 11.9. The van der Waals surface area contributed by atoms with Crippen LogP contribution in [-0.4, -0.2) is 12.5 Å². The number of nitrogens with one attached hydrogen (secondary N) is 1. The van der Waals surface area contributed by atoms with Crippen LogP contribution in [0.5, 0.6) is 0 Å². The Morgan fingerprint density at radius 2 is 2.17 bits per heavy atom. The highest BCUT2D eigenvalue weighted by atomic mass is 79.9. The van der Waals surface area contributed by atoms with Crippen molar-refractivity contribution in [2.45, 2.75) is 6.42 Å². The van der Waals surface area contributed by atoms with E-state index in [0.717, 1.165) is 5.76 Å². The minimum absolute atomic E-state index is 0.187. The molecule has 0 bridgehead atoms. The highest BCUT2D eigenvalue weighted by Crippen LogP contribution is 2.25. The standard InChI is InChI=1S/C13H11BrClNO2/c14-11-5-1-4-10(12(11)15)13(17)16-7-6-9-3-2-8-18-9/h1-5,8H,6-7H2,(H,16,17). The van der Waals surface area contributed by atoms with Gasteiger partial charge in [-0.15, -0.1) is 0 Å². The molecule has 0 aliphatic carbocycles. The molecule has 2 rings (SSSR count). The van der Waals surface area contributed by atoms with Gasteiger partial charge in [0, 0.05) is 17.4 Å². The summed E-state index contributed by atoms with van der Waals surface area (Å²) in [6, 6.07) is 8.95. The largest absolute Gasteiger partial charge is 0.469 e. The van der Waals surface area contributed by atoms with Crippen LogP contribution in [0.25, 0.3) is 0 Å². The fraction of sp³-hybridized carbons (Fsp3) is 0.154. The van der Waals surface area contributed by atoms with Crippen LogP contribution in [0.15, 0.2) is 45.5 Å². The van der Waals surface area contributed by atoms with Crippen LogP contribution in [0.1, 0.15) is 16.1 Å². The molecule has 3 nitrogen and oxygen atoms in total. The van der Waals surface area contributed by atoms with E-state index in [2.05, 4.69) is 21.2 Å². The summed E-state index contributed by atoms with van der Waals surface area (Å²) in [6.45, 7) is 0.509. The van der Waals surface area contributed by atoms with Crippen LogP contribution >= 0.6 is 27.5 Å². The van der Waals surface area contributed by atoms with Crippen molar-refractivity contribution in [1.29, 1.82) is 0 Å². The van der Waals surface area contributed by atoms with Crippen molar-refractivity contribution in [3.63, 3.8) is 0 Å². The third-order valence-electron chi connectivity index (χ3n) is 2.43. The number of amides is 1. The number of halogens is 2. The topological polar surface area (TPSA) is 42.2 Å². The molecule has 18 heavy (non-hydrogen) atoms. The zero-order chi connectivity index (χ0) is 13.0. The third kappa shape index (κ3) is 3.15. The Labute approximate surface area is 118 Å². The first-order chi connectivity index (χ1) is 8.68. The van der Waals surface area contributed by atoms with E-state index in [1.54, 1.807) is 24.5 Å². The molecule has 0 spiro atoms. The molecule has 0 fully saturated rings. The van der Waals surface area contributed by atoms with E-state index in [4.69, 9.17) is 16.0 Å². The first kappa shape index (κ1) is 13.2. The lowest BCUT2D eigenvalue weighted by Crippen LogP contribution is -2.25. The Hall–Kier alpha value is -1.26. The maximum Gasteiger partial charge on any atom is 0.252 e. The molecule has 1 aromatic heterocycles. The lowest BCUT2D eigenvalue weighted by molar-refractivity contribution is 0.0954. The Kier molecular flexibility index (Phi) is 4.44. The van der Waals surface area contributed by atoms with Crippen molar-refractivity contribution < 1.29 is 9.21 Å². The molecule has 1 amide bonds. The van der Waals surface area contributed by atoms with Crippen molar-refractivity contribution in [3.05, 3.63) is 57.4 Å². The normalized spacial score (nSPS) is 10.3. The van der Waals surface area contributed by atoms with E-state index in [1.165, 1.54) is 0 Å². The molecule has 1 N–H and O–H groups in total. The predicted molar refractivity (Wildman–Crippen MR) is 73.9 cm³/mol. The van der Waals surface area contributed by atoms with Crippen LogP contribution in [0, 0.1) is 0 Å². The molecule has 5 heteroatoms. The van der Waals surface area contributed by atoms with Gasteiger partial charge in [-0.05, 0) is 40.2 Å². The van der Waals surface area contributed by atoms with E-state index in [0.29, 0.717) is 28.0 Å². The van der Waals surface area contributed by atoms with Gasteiger partial charge in [0.2, 0.25) is 0 Å². The van der Waals surface area contributed by atoms with Gasteiger partial charge in [-0.1, -0.05) is 17.7 Å². The van der Waals surface area contributed by atoms with Crippen molar-refractivity contribution in [2.24, 2.45) is 0 Å². The zero-order valence-corrected chi connectivity index (χ0v) is 11.8. The fourth-order valence-corrected chi connectivity index (χ4v) is 2.11. The number of carbonyl (C=O) groups excluding carboxylic acids is 1. The zero-order valence-electron chi connectivity index (χ0n) is 9.45. The molecule has 1 heterocycles. The minimum Gasteiger partial charge on any atom is -0.469 e. The summed E-state index contributed by atoms with van der Waals surface area (Å²) in [5, 5.41) is 3.23. The number of hydrogen-bond donors (Lipinski definition) is 1. The van der Waals surface area contributed by atoms with E-state index >= 15 is 0 Å². The van der Waals surface area contributed by atoms with Gasteiger partial charge < -0.3 is 9.73 Å². The molecule has 94 valence electrons. The first-order valence-electron chi connectivity index (χ1n) is 5.43. The van der Waals surface area contributed by atoms with Crippen molar-refractivity contribution in [3.8, 4) is 0 Å². The van der Waals surface area contributed by atoms with Gasteiger partial charge in [0.05, 0.1) is 16.8 Å². The number of hydrogen-bond acceptors (Lipinski definition) is 2. The monoisotopic (exact) mass is 327 g/mol. The Morgan fingerprint density at radius 3 is 2.89 bits per heavy atom. The average molecular weight is 329 g/mol. The van der Waals surface area contributed by atoms with Gasteiger partial charge in [-0.25, -0.2) is 0 Å². The second-order valence-corrected chi connectivity index (χ2v) is 4.92. The number of benzene rings is 1. The molecule has 2 aromatic rings. The number of carbonyl (C=O) groups is 1. The quantitative estimate of drug-likeness (QED) is 0.930. The van der Waals surface area contributed by atoms with Crippen molar-refractivity contribution >= 4 is 33.4 Å². The Balaban J connectivity index is 1.93. The number of rotatable bonds is 4. The molecule has 0 aliphatic rings. The molecule has 0 saturated heterocycles. The first-order valence-corrected chi connectivity index (χ1v) is 6.60. The Bertz CT molecular complexity index is 540. The van der Waals surface area contributed by atoms with Crippen LogP contribution in [-0.2, 0) is 6.42 Å². The third-order valence-corrected chi connectivity index (χ3v) is 3.73. The molecule has 0 aliphatic heterocycles. The second kappa shape index (κ2) is 6.07. The molecule has 0 saturated carbocycles. The van der Waals surface area contributed by atoms with E-state index in [-0.39, 0.29) is 5.91 Å². The van der Waals surface area contributed by atoms with Gasteiger partial charge in [0.15, 0.2) is 0 Å². The highest BCUT2D eigenvalue weighted by Gasteiger charge is 2.11. The fourth-order valence-electron chi connectivity index (χ4n) is 1.53. The van der Waals surface area contributed by atoms with Crippen LogP contribution in [0.2, 0.25) is 5.02 Å². The van der Waals surface area contributed by atoms with Gasteiger partial charge in [-0.3, -0.25) is 4.79 Å². The van der Waals surface area contributed by atoms with E-state index in [9.17, 15) is 4.79 Å². The summed E-state index contributed by atoms with van der Waals surface area (Å²) in [4.78, 5) is 11.9. The van der Waals surface area contributed by atoms with Gasteiger partial charge >= 0.3 is 0 Å². The maximum atomic E-state index is 11.9. The minimum atomic E-state index is -0.187. The molecule has 0 radical (unpaired) electrons. The second-order valence-electron chi connectivity index (χ2n) is 3.69. The molecule has 0 unspecified atom stereocenters. The molecule has 0 atom stereocenters. The predicted octanol–water partition coefficient (Wildman–Crippen LogP) is 3.67. The molecular weight excluding hydrogens is 318 g/mol. The number of furan rings is 1. The molecule has 1 aromatic carbocycles. The summed E-state index contributed by atoms with van der Waals surface area (Å²) in [5.41, 5.74) is 0.463. The summed E-state index contributed by atoms with van der Waals surface area (Å²) in [7, 11) is 0.